The number of terminal acetylenes is 1. The van der Waals surface area contributed by atoms with Gasteiger partial charge in [0.1, 0.15) is 5.84 Å². The molecule has 1 heterocycles. The van der Waals surface area contributed by atoms with Crippen molar-refractivity contribution in [2.24, 2.45) is 9.98 Å². The van der Waals surface area contributed by atoms with Crippen LogP contribution in [-0.4, -0.2) is 24.0 Å². The Balaban J connectivity index is 0.00000113. The number of rotatable bonds is 2. The summed E-state index contributed by atoms with van der Waals surface area (Å²) in [5.41, 5.74) is 5.53. The summed E-state index contributed by atoms with van der Waals surface area (Å²) in [5, 5.41) is 4.15. The molecular formula is C26H34N3OP. The maximum Gasteiger partial charge on any atom is 0.229 e. The van der Waals surface area contributed by atoms with Gasteiger partial charge in [0.25, 0.3) is 0 Å². The van der Waals surface area contributed by atoms with E-state index in [-0.39, 0.29) is 5.91 Å². The van der Waals surface area contributed by atoms with Gasteiger partial charge in [-0.25, -0.2) is 0 Å². The van der Waals surface area contributed by atoms with Gasteiger partial charge in [0.2, 0.25) is 5.91 Å². The van der Waals surface area contributed by atoms with Crippen molar-refractivity contribution in [2.75, 3.05) is 6.54 Å². The third kappa shape index (κ3) is 8.87. The highest BCUT2D eigenvalue weighted by Crippen LogP contribution is 2.14. The van der Waals surface area contributed by atoms with Crippen molar-refractivity contribution in [2.45, 2.75) is 53.5 Å². The van der Waals surface area contributed by atoms with Gasteiger partial charge < -0.3 is 5.32 Å². The maximum absolute atomic E-state index is 12.4. The van der Waals surface area contributed by atoms with E-state index in [4.69, 9.17) is 0 Å². The molecule has 0 saturated heterocycles. The van der Waals surface area contributed by atoms with Gasteiger partial charge in [0.15, 0.2) is 0 Å². The molecule has 0 fully saturated rings. The van der Waals surface area contributed by atoms with Gasteiger partial charge >= 0.3 is 0 Å². The summed E-state index contributed by atoms with van der Waals surface area (Å²) in [4.78, 5) is 21.7. The maximum atomic E-state index is 12.4. The van der Waals surface area contributed by atoms with Crippen LogP contribution in [0.4, 0.5) is 0 Å². The second kappa shape index (κ2) is 14.3. The second-order valence-corrected chi connectivity index (χ2v) is 7.64. The van der Waals surface area contributed by atoms with Crippen LogP contribution in [0, 0.1) is 19.8 Å². The first-order valence-corrected chi connectivity index (χ1v) is 11.2. The lowest BCUT2D eigenvalue weighted by Crippen LogP contribution is -2.36. The first-order chi connectivity index (χ1) is 15.0. The molecule has 1 aliphatic rings. The van der Waals surface area contributed by atoms with Gasteiger partial charge in [0.05, 0.1) is 18.7 Å². The number of hydrogen-bond acceptors (Lipinski definition) is 3. The van der Waals surface area contributed by atoms with E-state index in [1.54, 1.807) is 0 Å². The molecular weight excluding hydrogens is 401 g/mol. The summed E-state index contributed by atoms with van der Waals surface area (Å²) >= 11 is 0. The molecule has 1 N–H and O–H groups in total. The number of fused-ring (bicyclic) bond motifs is 1. The number of aryl methyl sites for hydroxylation is 2. The average molecular weight is 436 g/mol. The zero-order valence-corrected chi connectivity index (χ0v) is 20.3. The van der Waals surface area contributed by atoms with Gasteiger partial charge in [-0.3, -0.25) is 14.8 Å². The number of amidine groups is 1. The van der Waals surface area contributed by atoms with E-state index in [2.05, 4.69) is 55.6 Å². The molecule has 1 atom stereocenters. The molecule has 4 nitrogen and oxygen atoms in total. The molecule has 0 bridgehead atoms. The van der Waals surface area contributed by atoms with Crippen LogP contribution in [0.25, 0.3) is 0 Å². The topological polar surface area (TPSA) is 53.8 Å². The predicted molar refractivity (Wildman–Crippen MR) is 137 cm³/mol. The average Bonchev–Trinajstić information content (AvgIpc) is 2.79. The van der Waals surface area contributed by atoms with Gasteiger partial charge in [-0.1, -0.05) is 61.9 Å². The fourth-order valence-electron chi connectivity index (χ4n) is 3.08. The first kappa shape index (κ1) is 26.3. The Labute approximate surface area is 189 Å². The van der Waals surface area contributed by atoms with Crippen molar-refractivity contribution in [1.82, 2.24) is 5.32 Å². The zero-order chi connectivity index (χ0) is 23.2. The summed E-state index contributed by atoms with van der Waals surface area (Å²) in [6, 6.07) is 14.5. The number of aliphatic imine (C=N–C) groups is 2. The fraction of sp³-hybridized carbons (Fsp3) is 0.346. The van der Waals surface area contributed by atoms with Crippen LogP contribution in [0.1, 0.15) is 49.4 Å². The molecule has 1 unspecified atom stereocenters. The van der Waals surface area contributed by atoms with Crippen LogP contribution < -0.4 is 10.6 Å². The van der Waals surface area contributed by atoms with E-state index in [9.17, 15) is 4.79 Å². The minimum Gasteiger partial charge on any atom is -0.309 e. The van der Waals surface area contributed by atoms with E-state index in [1.807, 2.05) is 52.0 Å². The minimum atomic E-state index is -0.0581. The second-order valence-electron chi connectivity index (χ2n) is 6.97. The van der Waals surface area contributed by atoms with Crippen LogP contribution >= 0.6 is 9.24 Å². The van der Waals surface area contributed by atoms with E-state index in [1.165, 1.54) is 22.0 Å². The lowest BCUT2D eigenvalue weighted by Gasteiger charge is -2.14. The molecule has 0 spiro atoms. The van der Waals surface area contributed by atoms with Crippen LogP contribution in [0.2, 0.25) is 0 Å². The highest BCUT2D eigenvalue weighted by atomic mass is 31.0. The summed E-state index contributed by atoms with van der Waals surface area (Å²) in [7, 11) is 2.75. The van der Waals surface area contributed by atoms with E-state index in [0.29, 0.717) is 25.3 Å². The van der Waals surface area contributed by atoms with E-state index >= 15 is 0 Å². The molecule has 164 valence electrons. The molecule has 2 aromatic carbocycles. The molecule has 0 aliphatic carbocycles. The first-order valence-electron chi connectivity index (χ1n) is 10.6. The molecule has 0 saturated carbocycles. The number of nitrogens with one attached hydrogen (secondary N) is 1. The third-order valence-electron chi connectivity index (χ3n) is 4.68. The zero-order valence-electron chi connectivity index (χ0n) is 19.1. The Morgan fingerprint density at radius 2 is 1.71 bits per heavy atom. The quantitative estimate of drug-likeness (QED) is 0.550. The number of amides is 1. The van der Waals surface area contributed by atoms with Gasteiger partial charge in [0, 0.05) is 6.54 Å². The van der Waals surface area contributed by atoms with Crippen molar-refractivity contribution in [3.05, 3.63) is 64.7 Å². The Hall–Kier alpha value is -2.76. The molecule has 1 amide bonds. The lowest BCUT2D eigenvalue weighted by molar-refractivity contribution is -0.119. The largest absolute Gasteiger partial charge is 0.309 e. The minimum absolute atomic E-state index is 0.0581. The normalized spacial score (nSPS) is 13.0. The fourth-order valence-corrected chi connectivity index (χ4v) is 3.38. The number of benzene rings is 2. The molecule has 3 rings (SSSR count). The van der Waals surface area contributed by atoms with E-state index in [0.717, 1.165) is 24.1 Å². The predicted octanol–water partition coefficient (Wildman–Crippen LogP) is 4.44. The standard InChI is InChI=1S/C22H26N3OP.C2H6.C2H2/c1-15-5-7-17(8-6-15)12-21(26)25-22-16(2)24-14-19-9-10-20(27)13-18(19)4-3-11-23-22;2*1-2/h5-10,13H,3-4,11-12,14,27H2,1-2H3,(H,23,25,26);1-2H3;1-2H. The molecule has 5 heteroatoms. The smallest absolute Gasteiger partial charge is 0.229 e. The summed E-state index contributed by atoms with van der Waals surface area (Å²) < 4.78 is 0. The van der Waals surface area contributed by atoms with Crippen LogP contribution in [-0.2, 0) is 24.2 Å². The Morgan fingerprint density at radius 1 is 1.03 bits per heavy atom. The van der Waals surface area contributed by atoms with Gasteiger partial charge in [-0.15, -0.1) is 22.1 Å². The summed E-state index contributed by atoms with van der Waals surface area (Å²) in [6.45, 7) is 9.24. The van der Waals surface area contributed by atoms with Crippen molar-refractivity contribution in [3.8, 4) is 12.8 Å². The Morgan fingerprint density at radius 3 is 2.39 bits per heavy atom. The highest BCUT2D eigenvalue weighted by Gasteiger charge is 2.12. The Bertz CT molecular complexity index is 927. The molecule has 31 heavy (non-hydrogen) atoms. The number of carbonyl (C=O) groups excluding carboxylic acids is 1. The highest BCUT2D eigenvalue weighted by molar-refractivity contribution is 7.27. The number of carbonyl (C=O) groups is 1. The monoisotopic (exact) mass is 435 g/mol. The van der Waals surface area contributed by atoms with Gasteiger partial charge in [-0.2, -0.15) is 0 Å². The van der Waals surface area contributed by atoms with Crippen LogP contribution in [0.15, 0.2) is 52.4 Å². The summed E-state index contributed by atoms with van der Waals surface area (Å²) in [5.74, 6) is 0.537. The molecule has 2 aromatic rings. The third-order valence-corrected chi connectivity index (χ3v) is 5.04. The van der Waals surface area contributed by atoms with Crippen molar-refractivity contribution in [3.63, 3.8) is 0 Å². The molecule has 0 radical (unpaired) electrons. The summed E-state index contributed by atoms with van der Waals surface area (Å²) in [6.07, 6.45) is 10.3. The van der Waals surface area contributed by atoms with E-state index < -0.39 is 0 Å². The molecule has 1 aliphatic heterocycles. The number of hydrogen-bond donors (Lipinski definition) is 1. The van der Waals surface area contributed by atoms with Crippen LogP contribution in [0.5, 0.6) is 0 Å². The van der Waals surface area contributed by atoms with Crippen LogP contribution in [0.3, 0.4) is 0 Å². The van der Waals surface area contributed by atoms with Crippen molar-refractivity contribution >= 4 is 32.0 Å². The van der Waals surface area contributed by atoms with Gasteiger partial charge in [-0.05, 0) is 48.7 Å². The van der Waals surface area contributed by atoms with Crippen molar-refractivity contribution in [1.29, 1.82) is 0 Å². The number of nitrogens with zero attached hydrogens (tertiary/aromatic N) is 2. The lowest BCUT2D eigenvalue weighted by atomic mass is 10.0. The Kier molecular flexibility index (Phi) is 12.1. The SMILES string of the molecule is C#C.CC.CC1=NCc2ccc(P)cc2CCCN=C1NC(=O)Cc1ccc(C)cc1. The van der Waals surface area contributed by atoms with Crippen molar-refractivity contribution < 1.29 is 4.79 Å². The molecule has 0 aromatic heterocycles.